The van der Waals surface area contributed by atoms with Crippen LogP contribution in [-0.4, -0.2) is 41.9 Å². The van der Waals surface area contributed by atoms with E-state index in [1.807, 2.05) is 0 Å². The molecule has 0 unspecified atom stereocenters. The Labute approximate surface area is 232 Å². The van der Waals surface area contributed by atoms with E-state index in [1.165, 1.54) is 24.3 Å². The highest BCUT2D eigenvalue weighted by atomic mass is 35.5. The molecule has 0 fully saturated rings. The monoisotopic (exact) mass is 628 g/mol. The number of hydrogen-bond donors (Lipinski definition) is 0. The molecule has 0 aromatic heterocycles. The molecule has 2 atom stereocenters. The van der Waals surface area contributed by atoms with Crippen LogP contribution in [-0.2, 0) is 4.79 Å². The van der Waals surface area contributed by atoms with E-state index in [-0.39, 0.29) is 22.8 Å². The number of ether oxygens (including phenoxy) is 2. The Morgan fingerprint density at radius 3 is 1.98 bits per heavy atom. The quantitative estimate of drug-likeness (QED) is 0.0730. The molecule has 0 aliphatic carbocycles. The van der Waals surface area contributed by atoms with Crippen LogP contribution in [0, 0.1) is 17.6 Å². The molecule has 3 nitrogen and oxygen atoms in total. The molecule has 0 saturated carbocycles. The highest BCUT2D eigenvalue weighted by molar-refractivity contribution is 6.30. The van der Waals surface area contributed by atoms with Crippen molar-refractivity contribution in [1.29, 1.82) is 0 Å². The summed E-state index contributed by atoms with van der Waals surface area (Å²) in [6, 6.07) is 7.26. The van der Waals surface area contributed by atoms with Gasteiger partial charge in [0.25, 0.3) is 0 Å². The van der Waals surface area contributed by atoms with Crippen LogP contribution in [0.5, 0.6) is 11.5 Å². The number of rotatable bonds is 13. The van der Waals surface area contributed by atoms with Crippen LogP contribution in [0.25, 0.3) is 11.1 Å². The smallest absolute Gasteiger partial charge is 0.460 e. The van der Waals surface area contributed by atoms with Crippen molar-refractivity contribution < 1.29 is 62.6 Å². The van der Waals surface area contributed by atoms with Gasteiger partial charge in [-0.2, -0.15) is 43.9 Å². The molecule has 0 saturated heterocycles. The van der Waals surface area contributed by atoms with Crippen LogP contribution in [0.1, 0.15) is 39.5 Å². The first-order valence-corrected chi connectivity index (χ1v) is 12.5. The van der Waals surface area contributed by atoms with Crippen LogP contribution in [0.15, 0.2) is 36.4 Å². The van der Waals surface area contributed by atoms with Crippen LogP contribution in [0.2, 0.25) is 0 Å². The predicted molar refractivity (Wildman–Crippen MR) is 127 cm³/mol. The standard InChI is InChI=1S/C26H24ClF11O3/c1-3-14(2)19(27)22(39)41-18-11-10-17(20(28)21(18)29)15-6-8-16(9-7-15)40-13-5-4-12-23(30,31)24(32,33)25(34,35)26(36,37)38/h6-11,14,19H,3-5,12-13H2,1-2H3/t14-,19-/m0/s1. The summed E-state index contributed by atoms with van der Waals surface area (Å²) in [4.78, 5) is 12.1. The highest BCUT2D eigenvalue weighted by Gasteiger charge is 2.81. The van der Waals surface area contributed by atoms with E-state index in [2.05, 4.69) is 0 Å². The molecule has 230 valence electrons. The maximum absolute atomic E-state index is 14.7. The SMILES string of the molecule is CC[C@H](C)[C@H](Cl)C(=O)Oc1ccc(-c2ccc(OCCCCC(F)(F)C(F)(F)C(F)(F)C(F)(F)F)cc2)c(F)c1F. The molecular formula is C26H24ClF11O3. The Balaban J connectivity index is 1.97. The minimum Gasteiger partial charge on any atom is -0.494 e. The highest BCUT2D eigenvalue weighted by Crippen LogP contribution is 2.54. The van der Waals surface area contributed by atoms with Crippen molar-refractivity contribution >= 4 is 17.6 Å². The normalized spacial score (nSPS) is 14.5. The van der Waals surface area contributed by atoms with E-state index >= 15 is 0 Å². The summed E-state index contributed by atoms with van der Waals surface area (Å²) in [5, 5.41) is -1.08. The van der Waals surface area contributed by atoms with E-state index in [4.69, 9.17) is 21.1 Å². The topological polar surface area (TPSA) is 35.5 Å². The van der Waals surface area contributed by atoms with Crippen molar-refractivity contribution in [2.45, 2.75) is 68.9 Å². The van der Waals surface area contributed by atoms with Crippen molar-refractivity contribution in [2.24, 2.45) is 5.92 Å². The predicted octanol–water partition coefficient (Wildman–Crippen LogP) is 9.21. The van der Waals surface area contributed by atoms with Gasteiger partial charge in [-0.1, -0.05) is 32.4 Å². The molecule has 0 radical (unpaired) electrons. The van der Waals surface area contributed by atoms with Gasteiger partial charge in [0.05, 0.1) is 6.61 Å². The molecule has 0 bridgehead atoms. The zero-order valence-corrected chi connectivity index (χ0v) is 22.2. The molecule has 0 heterocycles. The van der Waals surface area contributed by atoms with E-state index in [0.29, 0.717) is 6.42 Å². The number of halogens is 12. The van der Waals surface area contributed by atoms with Crippen molar-refractivity contribution in [1.82, 2.24) is 0 Å². The molecule has 2 aromatic carbocycles. The minimum atomic E-state index is -6.94. The van der Waals surface area contributed by atoms with Gasteiger partial charge in [0, 0.05) is 12.0 Å². The van der Waals surface area contributed by atoms with Gasteiger partial charge in [-0.25, -0.2) is 4.39 Å². The Kier molecular flexibility index (Phi) is 10.9. The summed E-state index contributed by atoms with van der Waals surface area (Å²) >= 11 is 5.96. The average Bonchev–Trinajstić information content (AvgIpc) is 2.89. The van der Waals surface area contributed by atoms with E-state index in [9.17, 15) is 53.1 Å². The van der Waals surface area contributed by atoms with Crippen molar-refractivity contribution in [3.63, 3.8) is 0 Å². The average molecular weight is 629 g/mol. The lowest BCUT2D eigenvalue weighted by Crippen LogP contribution is -2.60. The fraction of sp³-hybridized carbons (Fsp3) is 0.500. The number of benzene rings is 2. The molecule has 0 amide bonds. The number of carbonyl (C=O) groups is 1. The summed E-state index contributed by atoms with van der Waals surface area (Å²) < 4.78 is 155. The number of unbranched alkanes of at least 4 members (excludes halogenated alkanes) is 1. The van der Waals surface area contributed by atoms with Gasteiger partial charge < -0.3 is 9.47 Å². The summed E-state index contributed by atoms with van der Waals surface area (Å²) in [7, 11) is 0. The van der Waals surface area contributed by atoms with Crippen molar-refractivity contribution in [2.75, 3.05) is 6.61 Å². The van der Waals surface area contributed by atoms with Gasteiger partial charge in [0.1, 0.15) is 11.1 Å². The number of hydrogen-bond acceptors (Lipinski definition) is 3. The zero-order valence-electron chi connectivity index (χ0n) is 21.4. The Morgan fingerprint density at radius 2 is 1.44 bits per heavy atom. The lowest BCUT2D eigenvalue weighted by atomic mass is 9.99. The van der Waals surface area contributed by atoms with Gasteiger partial charge in [-0.15, -0.1) is 11.6 Å². The van der Waals surface area contributed by atoms with E-state index < -0.39 is 78.5 Å². The number of carbonyl (C=O) groups excluding carboxylic acids is 1. The molecule has 2 rings (SSSR count). The van der Waals surface area contributed by atoms with Gasteiger partial charge in [-0.3, -0.25) is 4.79 Å². The van der Waals surface area contributed by atoms with Crippen molar-refractivity contribution in [3.8, 4) is 22.6 Å². The lowest BCUT2D eigenvalue weighted by Gasteiger charge is -2.33. The second kappa shape index (κ2) is 13.0. The molecule has 15 heteroatoms. The third-order valence-corrected chi connectivity index (χ3v) is 6.76. The largest absolute Gasteiger partial charge is 0.494 e. The Hall–Kier alpha value is -2.77. The second-order valence-corrected chi connectivity index (χ2v) is 9.60. The summed E-state index contributed by atoms with van der Waals surface area (Å²) in [5.41, 5.74) is -0.0778. The van der Waals surface area contributed by atoms with E-state index in [1.54, 1.807) is 13.8 Å². The van der Waals surface area contributed by atoms with Gasteiger partial charge >= 0.3 is 29.9 Å². The first kappa shape index (κ1) is 34.4. The second-order valence-electron chi connectivity index (χ2n) is 9.13. The van der Waals surface area contributed by atoms with Crippen LogP contribution < -0.4 is 9.47 Å². The van der Waals surface area contributed by atoms with Crippen LogP contribution >= 0.6 is 11.6 Å². The first-order chi connectivity index (χ1) is 18.8. The molecule has 0 spiro atoms. The number of alkyl halides is 10. The Bertz CT molecular complexity index is 1180. The van der Waals surface area contributed by atoms with E-state index in [0.717, 1.165) is 12.1 Å². The maximum Gasteiger partial charge on any atom is 0.460 e. The summed E-state index contributed by atoms with van der Waals surface area (Å²) in [5.74, 6) is -23.9. The molecule has 2 aromatic rings. The van der Waals surface area contributed by atoms with Gasteiger partial charge in [-0.05, 0) is 48.6 Å². The third kappa shape index (κ3) is 7.55. The molecule has 0 aliphatic rings. The zero-order chi connectivity index (χ0) is 31.4. The Morgan fingerprint density at radius 1 is 0.854 bits per heavy atom. The van der Waals surface area contributed by atoms with Gasteiger partial charge in [0.15, 0.2) is 11.6 Å². The lowest BCUT2D eigenvalue weighted by molar-refractivity contribution is -0.396. The molecular weight excluding hydrogens is 605 g/mol. The summed E-state index contributed by atoms with van der Waals surface area (Å²) in [6.07, 6.45) is -9.59. The van der Waals surface area contributed by atoms with Crippen molar-refractivity contribution in [3.05, 3.63) is 48.0 Å². The fourth-order valence-corrected chi connectivity index (χ4v) is 3.59. The molecule has 0 aliphatic heterocycles. The van der Waals surface area contributed by atoms with Crippen LogP contribution in [0.4, 0.5) is 48.3 Å². The molecule has 0 N–H and O–H groups in total. The first-order valence-electron chi connectivity index (χ1n) is 12.1. The summed E-state index contributed by atoms with van der Waals surface area (Å²) in [6.45, 7) is 3.05. The van der Waals surface area contributed by atoms with Gasteiger partial charge in [0.2, 0.25) is 5.82 Å². The fourth-order valence-electron chi connectivity index (χ4n) is 3.37. The molecule has 41 heavy (non-hydrogen) atoms. The third-order valence-electron chi connectivity index (χ3n) is 6.16. The van der Waals surface area contributed by atoms with Crippen LogP contribution in [0.3, 0.4) is 0 Å². The maximum atomic E-state index is 14.7. The minimum absolute atomic E-state index is 0.0686. The number of esters is 1.